The third-order valence-corrected chi connectivity index (χ3v) is 3.56. The van der Waals surface area contributed by atoms with Crippen molar-refractivity contribution in [1.29, 1.82) is 0 Å². The molecule has 0 fully saturated rings. The highest BCUT2D eigenvalue weighted by Crippen LogP contribution is 2.26. The summed E-state index contributed by atoms with van der Waals surface area (Å²) >= 11 is 3.48. The number of benzene rings is 2. The molecule has 0 aromatic heterocycles. The Morgan fingerprint density at radius 3 is 2.50 bits per heavy atom. The zero-order chi connectivity index (χ0) is 13.1. The molecule has 0 unspecified atom stereocenters. The Balaban J connectivity index is 2.06. The van der Waals surface area contributed by atoms with Gasteiger partial charge in [0.15, 0.2) is 11.5 Å². The molecule has 2 rings (SSSR count). The summed E-state index contributed by atoms with van der Waals surface area (Å²) in [6.07, 6.45) is 0. The highest BCUT2D eigenvalue weighted by atomic mass is 79.9. The number of hydrogen-bond acceptors (Lipinski definition) is 3. The molecule has 3 nitrogen and oxygen atoms in total. The topological polar surface area (TPSA) is 52.5 Å². The fourth-order valence-corrected chi connectivity index (χ4v) is 1.96. The fourth-order valence-electron chi connectivity index (χ4n) is 1.59. The first kappa shape index (κ1) is 12.8. The Kier molecular flexibility index (Phi) is 3.77. The molecular weight excluding hydrogens is 294 g/mol. The summed E-state index contributed by atoms with van der Waals surface area (Å²) in [4.78, 5) is 0. The minimum atomic E-state index is -0.100. The van der Waals surface area contributed by atoms with Crippen LogP contribution in [0.15, 0.2) is 40.9 Å². The number of aromatic hydroxyl groups is 2. The van der Waals surface area contributed by atoms with Crippen molar-refractivity contribution in [3.05, 3.63) is 52.0 Å². The molecule has 0 saturated heterocycles. The Bertz CT molecular complexity index is 518. The van der Waals surface area contributed by atoms with Crippen LogP contribution in [0.25, 0.3) is 0 Å². The van der Waals surface area contributed by atoms with Crippen molar-refractivity contribution in [1.82, 2.24) is 0 Å². The number of hydrogen-bond donors (Lipinski definition) is 3. The summed E-state index contributed by atoms with van der Waals surface area (Å²) in [6.45, 7) is 2.62. The monoisotopic (exact) mass is 307 g/mol. The Hall–Kier alpha value is -1.68. The maximum atomic E-state index is 9.39. The molecule has 0 bridgehead atoms. The minimum absolute atomic E-state index is 0.0978. The van der Waals surface area contributed by atoms with E-state index in [1.165, 1.54) is 11.6 Å². The van der Waals surface area contributed by atoms with Gasteiger partial charge in [0.2, 0.25) is 0 Å². The molecule has 0 spiro atoms. The van der Waals surface area contributed by atoms with E-state index in [1.807, 2.05) is 25.1 Å². The largest absolute Gasteiger partial charge is 0.504 e. The predicted octanol–water partition coefficient (Wildman–Crippen LogP) is 3.78. The number of anilines is 1. The number of phenols is 2. The molecule has 0 radical (unpaired) electrons. The second-order valence-corrected chi connectivity index (χ2v) is 4.99. The summed E-state index contributed by atoms with van der Waals surface area (Å²) in [5, 5.41) is 21.9. The van der Waals surface area contributed by atoms with E-state index in [2.05, 4.69) is 21.2 Å². The van der Waals surface area contributed by atoms with Crippen LogP contribution in [0, 0.1) is 6.92 Å². The highest BCUT2D eigenvalue weighted by Gasteiger charge is 2.01. The van der Waals surface area contributed by atoms with Crippen LogP contribution in [-0.2, 0) is 6.54 Å². The van der Waals surface area contributed by atoms with Crippen molar-refractivity contribution >= 4 is 21.6 Å². The van der Waals surface area contributed by atoms with Crippen molar-refractivity contribution in [2.24, 2.45) is 0 Å². The maximum Gasteiger partial charge on any atom is 0.157 e. The first-order valence-corrected chi connectivity index (χ1v) is 6.36. The van der Waals surface area contributed by atoms with Crippen molar-refractivity contribution in [2.45, 2.75) is 13.5 Å². The van der Waals surface area contributed by atoms with Crippen molar-refractivity contribution in [3.8, 4) is 11.5 Å². The lowest BCUT2D eigenvalue weighted by atomic mass is 10.2. The van der Waals surface area contributed by atoms with Crippen LogP contribution in [0.3, 0.4) is 0 Å². The van der Waals surface area contributed by atoms with Gasteiger partial charge in [-0.1, -0.05) is 28.1 Å². The SMILES string of the molecule is Cc1ccc(NCc2ccc(O)c(O)c2)cc1Br. The Morgan fingerprint density at radius 1 is 1.06 bits per heavy atom. The van der Waals surface area contributed by atoms with E-state index >= 15 is 0 Å². The van der Waals surface area contributed by atoms with E-state index in [1.54, 1.807) is 12.1 Å². The van der Waals surface area contributed by atoms with Crippen LogP contribution in [0.4, 0.5) is 5.69 Å². The van der Waals surface area contributed by atoms with Crippen LogP contribution >= 0.6 is 15.9 Å². The van der Waals surface area contributed by atoms with E-state index in [4.69, 9.17) is 0 Å². The number of halogens is 1. The lowest BCUT2D eigenvalue weighted by Crippen LogP contribution is -1.99. The lowest BCUT2D eigenvalue weighted by Gasteiger charge is -2.09. The smallest absolute Gasteiger partial charge is 0.157 e. The van der Waals surface area contributed by atoms with Gasteiger partial charge in [-0.3, -0.25) is 0 Å². The average Bonchev–Trinajstić information content (AvgIpc) is 2.35. The molecule has 18 heavy (non-hydrogen) atoms. The van der Waals surface area contributed by atoms with Gasteiger partial charge in [0.25, 0.3) is 0 Å². The minimum Gasteiger partial charge on any atom is -0.504 e. The van der Waals surface area contributed by atoms with Crippen molar-refractivity contribution in [3.63, 3.8) is 0 Å². The van der Waals surface area contributed by atoms with Crippen molar-refractivity contribution in [2.75, 3.05) is 5.32 Å². The van der Waals surface area contributed by atoms with E-state index in [0.717, 1.165) is 15.7 Å². The summed E-state index contributed by atoms with van der Waals surface area (Å²) < 4.78 is 1.06. The number of phenolic OH excluding ortho intramolecular Hbond substituents is 2. The van der Waals surface area contributed by atoms with Gasteiger partial charge in [-0.15, -0.1) is 0 Å². The summed E-state index contributed by atoms with van der Waals surface area (Å²) in [6, 6.07) is 10.8. The lowest BCUT2D eigenvalue weighted by molar-refractivity contribution is 0.403. The molecule has 0 saturated carbocycles. The molecule has 0 heterocycles. The molecule has 94 valence electrons. The molecule has 2 aromatic rings. The first-order chi connectivity index (χ1) is 8.56. The third kappa shape index (κ3) is 2.96. The summed E-state index contributed by atoms with van der Waals surface area (Å²) in [5.41, 5.74) is 3.09. The molecule has 0 aliphatic rings. The normalized spacial score (nSPS) is 10.3. The van der Waals surface area contributed by atoms with E-state index in [9.17, 15) is 10.2 Å². The molecule has 0 atom stereocenters. The van der Waals surface area contributed by atoms with Crippen LogP contribution in [0.2, 0.25) is 0 Å². The zero-order valence-electron chi connectivity index (χ0n) is 9.94. The van der Waals surface area contributed by atoms with Gasteiger partial charge in [-0.25, -0.2) is 0 Å². The first-order valence-electron chi connectivity index (χ1n) is 5.57. The molecule has 0 aliphatic heterocycles. The Morgan fingerprint density at radius 2 is 1.83 bits per heavy atom. The number of aryl methyl sites for hydroxylation is 1. The summed E-state index contributed by atoms with van der Waals surface area (Å²) in [7, 11) is 0. The Labute approximate surface area is 114 Å². The van der Waals surface area contributed by atoms with Gasteiger partial charge < -0.3 is 15.5 Å². The van der Waals surface area contributed by atoms with Crippen LogP contribution < -0.4 is 5.32 Å². The molecular formula is C14H14BrNO2. The zero-order valence-corrected chi connectivity index (χ0v) is 11.5. The van der Waals surface area contributed by atoms with Gasteiger partial charge in [-0.2, -0.15) is 0 Å². The van der Waals surface area contributed by atoms with Crippen LogP contribution in [0.5, 0.6) is 11.5 Å². The number of nitrogens with one attached hydrogen (secondary N) is 1. The molecule has 2 aromatic carbocycles. The molecule has 3 N–H and O–H groups in total. The van der Waals surface area contributed by atoms with Crippen LogP contribution in [0.1, 0.15) is 11.1 Å². The van der Waals surface area contributed by atoms with Gasteiger partial charge in [0.1, 0.15) is 0 Å². The van der Waals surface area contributed by atoms with Crippen LogP contribution in [-0.4, -0.2) is 10.2 Å². The molecule has 0 aliphatic carbocycles. The van der Waals surface area contributed by atoms with E-state index < -0.39 is 0 Å². The number of rotatable bonds is 3. The van der Waals surface area contributed by atoms with Gasteiger partial charge in [-0.05, 0) is 42.3 Å². The second-order valence-electron chi connectivity index (χ2n) is 4.14. The second kappa shape index (κ2) is 5.31. The highest BCUT2D eigenvalue weighted by molar-refractivity contribution is 9.10. The predicted molar refractivity (Wildman–Crippen MR) is 76.0 cm³/mol. The summed E-state index contributed by atoms with van der Waals surface area (Å²) in [5.74, 6) is -0.198. The third-order valence-electron chi connectivity index (χ3n) is 2.71. The standard InChI is InChI=1S/C14H14BrNO2/c1-9-2-4-11(7-12(9)15)16-8-10-3-5-13(17)14(18)6-10/h2-7,16-18H,8H2,1H3. The average molecular weight is 308 g/mol. The molecule has 0 amide bonds. The molecule has 4 heteroatoms. The van der Waals surface area contributed by atoms with Gasteiger partial charge in [0.05, 0.1) is 0 Å². The van der Waals surface area contributed by atoms with E-state index in [0.29, 0.717) is 6.54 Å². The van der Waals surface area contributed by atoms with Gasteiger partial charge >= 0.3 is 0 Å². The fraction of sp³-hybridized carbons (Fsp3) is 0.143. The van der Waals surface area contributed by atoms with Crippen molar-refractivity contribution < 1.29 is 10.2 Å². The quantitative estimate of drug-likeness (QED) is 0.756. The van der Waals surface area contributed by atoms with E-state index in [-0.39, 0.29) is 11.5 Å². The maximum absolute atomic E-state index is 9.39. The van der Waals surface area contributed by atoms with Gasteiger partial charge in [0, 0.05) is 16.7 Å².